The van der Waals surface area contributed by atoms with Crippen molar-refractivity contribution in [2.75, 3.05) is 32.9 Å². The molecule has 1 aliphatic carbocycles. The zero-order chi connectivity index (χ0) is 23.8. The Morgan fingerprint density at radius 1 is 1.18 bits per heavy atom. The fourth-order valence-electron chi connectivity index (χ4n) is 4.61. The lowest BCUT2D eigenvalue weighted by molar-refractivity contribution is -0.141. The van der Waals surface area contributed by atoms with Crippen LogP contribution >= 0.6 is 0 Å². The minimum atomic E-state index is -1.01. The highest BCUT2D eigenvalue weighted by Gasteiger charge is 2.50. The van der Waals surface area contributed by atoms with Crippen LogP contribution in [0.4, 0.5) is 0 Å². The number of carbonyl (C=O) groups is 2. The van der Waals surface area contributed by atoms with E-state index in [1.165, 1.54) is 0 Å². The summed E-state index contributed by atoms with van der Waals surface area (Å²) in [4.78, 5) is 27.7. The Morgan fingerprint density at radius 3 is 2.70 bits per heavy atom. The number of ether oxygens (including phenoxy) is 2. The van der Waals surface area contributed by atoms with Gasteiger partial charge in [-0.2, -0.15) is 0 Å². The Balaban J connectivity index is 1.95. The molecule has 1 aliphatic heterocycles. The number of amides is 2. The van der Waals surface area contributed by atoms with Gasteiger partial charge in [-0.05, 0) is 25.5 Å². The van der Waals surface area contributed by atoms with E-state index in [1.54, 1.807) is 11.0 Å². The second kappa shape index (κ2) is 12.2. The molecule has 1 aromatic rings. The topological polar surface area (TPSA) is 108 Å². The highest BCUT2D eigenvalue weighted by Crippen LogP contribution is 2.47. The van der Waals surface area contributed by atoms with Gasteiger partial charge in [0, 0.05) is 30.8 Å². The van der Waals surface area contributed by atoms with Crippen molar-refractivity contribution >= 4 is 11.8 Å². The lowest BCUT2D eigenvalue weighted by atomic mass is 9.77. The molecule has 1 heterocycles. The van der Waals surface area contributed by atoms with Crippen LogP contribution in [0.3, 0.4) is 0 Å². The molecule has 1 aromatic carbocycles. The molecule has 8 heteroatoms. The average molecular weight is 461 g/mol. The van der Waals surface area contributed by atoms with Crippen LogP contribution in [0, 0.1) is 0 Å². The first kappa shape index (κ1) is 25.2. The number of nitrogens with zero attached hydrogens (tertiary/aromatic N) is 1. The zero-order valence-corrected chi connectivity index (χ0v) is 19.5. The van der Waals surface area contributed by atoms with Gasteiger partial charge in [-0.15, -0.1) is 0 Å². The molecule has 0 aromatic heterocycles. The summed E-state index contributed by atoms with van der Waals surface area (Å²) in [6, 6.07) is 6.72. The number of unbranched alkanes of at least 4 members (excludes halogenated alkanes) is 3. The van der Waals surface area contributed by atoms with Gasteiger partial charge in [0.2, 0.25) is 11.8 Å². The van der Waals surface area contributed by atoms with E-state index in [2.05, 4.69) is 12.2 Å². The average Bonchev–Trinajstić information content (AvgIpc) is 3.22. The summed E-state index contributed by atoms with van der Waals surface area (Å²) in [6.07, 6.45) is 3.91. The van der Waals surface area contributed by atoms with E-state index in [0.717, 1.165) is 31.2 Å². The second-order valence-electron chi connectivity index (χ2n) is 8.47. The van der Waals surface area contributed by atoms with Crippen molar-refractivity contribution in [3.05, 3.63) is 41.5 Å². The SMILES string of the molecule is CCCCCCN(C(=O)COCC)[C@@H]1C=C(C(=O)NCCO)[C@@H]2c3ccccc3O[C@@H]2[C@H]1O. The summed E-state index contributed by atoms with van der Waals surface area (Å²) in [5, 5.41) is 23.3. The minimum Gasteiger partial charge on any atom is -0.486 e. The predicted molar refractivity (Wildman–Crippen MR) is 124 cm³/mol. The van der Waals surface area contributed by atoms with Gasteiger partial charge in [0.25, 0.3) is 0 Å². The fraction of sp³-hybridized carbons (Fsp3) is 0.600. The van der Waals surface area contributed by atoms with Crippen molar-refractivity contribution in [3.8, 4) is 5.75 Å². The third-order valence-electron chi connectivity index (χ3n) is 6.24. The van der Waals surface area contributed by atoms with Crippen LogP contribution in [0.1, 0.15) is 51.0 Å². The van der Waals surface area contributed by atoms with Gasteiger partial charge in [0.15, 0.2) is 0 Å². The summed E-state index contributed by atoms with van der Waals surface area (Å²) in [5.41, 5.74) is 1.28. The maximum absolute atomic E-state index is 13.1. The molecule has 0 radical (unpaired) electrons. The number of benzene rings is 1. The summed E-state index contributed by atoms with van der Waals surface area (Å²) in [7, 11) is 0. The van der Waals surface area contributed by atoms with Gasteiger partial charge in [-0.25, -0.2) is 0 Å². The van der Waals surface area contributed by atoms with Crippen LogP contribution in [-0.4, -0.2) is 78.1 Å². The van der Waals surface area contributed by atoms with E-state index < -0.39 is 24.2 Å². The number of para-hydroxylation sites is 1. The molecule has 0 saturated carbocycles. The summed E-state index contributed by atoms with van der Waals surface area (Å²) >= 11 is 0. The van der Waals surface area contributed by atoms with E-state index in [4.69, 9.17) is 9.47 Å². The first-order chi connectivity index (χ1) is 16.0. The van der Waals surface area contributed by atoms with E-state index in [0.29, 0.717) is 24.5 Å². The van der Waals surface area contributed by atoms with E-state index in [1.807, 2.05) is 31.2 Å². The summed E-state index contributed by atoms with van der Waals surface area (Å²) in [6.45, 7) is 4.68. The molecule has 33 heavy (non-hydrogen) atoms. The van der Waals surface area contributed by atoms with Crippen molar-refractivity contribution in [1.29, 1.82) is 0 Å². The number of nitrogens with one attached hydrogen (secondary N) is 1. The molecule has 3 rings (SSSR count). The van der Waals surface area contributed by atoms with E-state index in [-0.39, 0.29) is 31.6 Å². The molecule has 0 spiro atoms. The largest absolute Gasteiger partial charge is 0.486 e. The Labute approximate surface area is 195 Å². The van der Waals surface area contributed by atoms with Crippen molar-refractivity contribution < 1.29 is 29.3 Å². The van der Waals surface area contributed by atoms with Crippen LogP contribution in [0.2, 0.25) is 0 Å². The van der Waals surface area contributed by atoms with Crippen molar-refractivity contribution in [2.24, 2.45) is 0 Å². The number of aliphatic hydroxyl groups excluding tert-OH is 2. The normalized spacial score (nSPS) is 23.2. The fourth-order valence-corrected chi connectivity index (χ4v) is 4.61. The number of aliphatic hydroxyl groups is 2. The second-order valence-corrected chi connectivity index (χ2v) is 8.47. The number of hydrogen-bond acceptors (Lipinski definition) is 6. The number of hydrogen-bond donors (Lipinski definition) is 3. The van der Waals surface area contributed by atoms with Crippen LogP contribution in [0.25, 0.3) is 0 Å². The predicted octanol–water partition coefficient (Wildman–Crippen LogP) is 1.75. The summed E-state index contributed by atoms with van der Waals surface area (Å²) in [5.74, 6) is -0.379. The van der Waals surface area contributed by atoms with Crippen molar-refractivity contribution in [1.82, 2.24) is 10.2 Å². The molecular formula is C25H36N2O6. The van der Waals surface area contributed by atoms with E-state index >= 15 is 0 Å². The molecule has 0 unspecified atom stereocenters. The lowest BCUT2D eigenvalue weighted by Gasteiger charge is -2.40. The highest BCUT2D eigenvalue weighted by atomic mass is 16.5. The van der Waals surface area contributed by atoms with Gasteiger partial charge in [-0.1, -0.05) is 44.4 Å². The Hall–Kier alpha value is -2.42. The molecule has 0 saturated heterocycles. The lowest BCUT2D eigenvalue weighted by Crippen LogP contribution is -2.56. The molecule has 3 N–H and O–H groups in total. The maximum atomic E-state index is 13.1. The number of fused-ring (bicyclic) bond motifs is 3. The minimum absolute atomic E-state index is 0.0808. The molecule has 182 valence electrons. The quantitative estimate of drug-likeness (QED) is 0.410. The number of carbonyl (C=O) groups excluding carboxylic acids is 2. The van der Waals surface area contributed by atoms with Crippen molar-refractivity contribution in [3.63, 3.8) is 0 Å². The molecule has 0 fully saturated rings. The Bertz CT molecular complexity index is 842. The maximum Gasteiger partial charge on any atom is 0.249 e. The molecule has 2 amide bonds. The van der Waals surface area contributed by atoms with Gasteiger partial charge < -0.3 is 29.9 Å². The van der Waals surface area contributed by atoms with Crippen LogP contribution in [0.5, 0.6) is 5.75 Å². The van der Waals surface area contributed by atoms with Crippen LogP contribution in [-0.2, 0) is 14.3 Å². The highest BCUT2D eigenvalue weighted by molar-refractivity contribution is 5.96. The molecule has 8 nitrogen and oxygen atoms in total. The van der Waals surface area contributed by atoms with Gasteiger partial charge >= 0.3 is 0 Å². The van der Waals surface area contributed by atoms with Crippen LogP contribution in [0.15, 0.2) is 35.9 Å². The number of rotatable bonds is 12. The Morgan fingerprint density at radius 2 is 1.97 bits per heavy atom. The van der Waals surface area contributed by atoms with Gasteiger partial charge in [0.1, 0.15) is 24.6 Å². The van der Waals surface area contributed by atoms with Crippen LogP contribution < -0.4 is 10.1 Å². The first-order valence-corrected chi connectivity index (χ1v) is 11.9. The first-order valence-electron chi connectivity index (χ1n) is 11.9. The molecule has 0 bridgehead atoms. The molecular weight excluding hydrogens is 424 g/mol. The van der Waals surface area contributed by atoms with Gasteiger partial charge in [0.05, 0.1) is 18.6 Å². The zero-order valence-electron chi connectivity index (χ0n) is 19.5. The standard InChI is InChI=1S/C25H36N2O6/c1-3-5-6-9-13-27(21(29)16-32-4-2)19-15-18(25(31)26-12-14-28)22-17-10-7-8-11-20(17)33-24(22)23(19)30/h7-8,10-11,15,19,22-24,28,30H,3-6,9,12-14,16H2,1-2H3,(H,26,31)/t19-,22+,23+,24+/m1/s1. The van der Waals surface area contributed by atoms with E-state index in [9.17, 15) is 19.8 Å². The third kappa shape index (κ3) is 5.75. The van der Waals surface area contributed by atoms with Crippen molar-refractivity contribution in [2.45, 2.75) is 63.7 Å². The third-order valence-corrected chi connectivity index (χ3v) is 6.24. The monoisotopic (exact) mass is 460 g/mol. The summed E-state index contributed by atoms with van der Waals surface area (Å²) < 4.78 is 11.5. The smallest absolute Gasteiger partial charge is 0.249 e. The Kier molecular flexibility index (Phi) is 9.29. The molecule has 2 aliphatic rings. The van der Waals surface area contributed by atoms with Gasteiger partial charge in [-0.3, -0.25) is 9.59 Å². The molecule has 4 atom stereocenters.